The number of carbonyl (C=O) groups is 1. The number of likely N-dealkylation sites (tertiary alicyclic amines) is 1. The molecular weight excluding hydrogens is 463 g/mol. The van der Waals surface area contributed by atoms with Crippen molar-refractivity contribution in [3.63, 3.8) is 0 Å². The van der Waals surface area contributed by atoms with E-state index in [1.54, 1.807) is 23.9 Å². The maximum atomic E-state index is 13.0. The number of alkyl halides is 3. The third-order valence-electron chi connectivity index (χ3n) is 6.09. The summed E-state index contributed by atoms with van der Waals surface area (Å²) in [5, 5.41) is 14.9. The number of piperidine rings is 1. The predicted octanol–water partition coefficient (Wildman–Crippen LogP) is 4.65. The third-order valence-corrected chi connectivity index (χ3v) is 6.09. The first-order valence-electron chi connectivity index (χ1n) is 11.1. The fourth-order valence-corrected chi connectivity index (χ4v) is 4.22. The zero-order chi connectivity index (χ0) is 25.2. The molecule has 1 aliphatic rings. The number of aromatic nitrogens is 2. The third kappa shape index (κ3) is 5.68. The molecule has 0 radical (unpaired) electrons. The largest absolute Gasteiger partial charge is 0.416 e. The molecule has 1 aliphatic heterocycles. The van der Waals surface area contributed by atoms with Crippen LogP contribution in [0.5, 0.6) is 0 Å². The molecule has 3 aromatic rings. The van der Waals surface area contributed by atoms with Gasteiger partial charge in [-0.1, -0.05) is 18.2 Å². The van der Waals surface area contributed by atoms with Crippen LogP contribution in [0.15, 0.2) is 54.9 Å². The highest BCUT2D eigenvalue weighted by atomic mass is 19.4. The molecule has 2 aromatic carbocycles. The van der Waals surface area contributed by atoms with E-state index in [2.05, 4.69) is 15.2 Å². The number of benzene rings is 2. The van der Waals surface area contributed by atoms with E-state index in [-0.39, 0.29) is 23.1 Å². The lowest BCUT2D eigenvalue weighted by atomic mass is 10.0. The lowest BCUT2D eigenvalue weighted by Gasteiger charge is -2.33. The fourth-order valence-electron chi connectivity index (χ4n) is 4.22. The molecule has 184 valence electrons. The minimum atomic E-state index is -4.38. The number of aryl methyl sites for hydroxylation is 1. The second kappa shape index (κ2) is 9.87. The van der Waals surface area contributed by atoms with Crippen LogP contribution < -0.4 is 5.32 Å². The summed E-state index contributed by atoms with van der Waals surface area (Å²) in [5.74, 6) is -0.219. The Hall–Kier alpha value is -3.73. The van der Waals surface area contributed by atoms with Crippen LogP contribution >= 0.6 is 0 Å². The van der Waals surface area contributed by atoms with Crippen molar-refractivity contribution in [2.24, 2.45) is 7.05 Å². The van der Waals surface area contributed by atoms with Crippen LogP contribution in [0.2, 0.25) is 0 Å². The number of nitrogens with zero attached hydrogens (tertiary/aromatic N) is 4. The van der Waals surface area contributed by atoms with Gasteiger partial charge in [-0.05, 0) is 36.6 Å². The first-order chi connectivity index (χ1) is 16.6. The number of nitrogens with one attached hydrogen (secondary N) is 1. The van der Waals surface area contributed by atoms with E-state index >= 15 is 0 Å². The summed E-state index contributed by atoms with van der Waals surface area (Å²) >= 11 is 0. The molecule has 1 fully saturated rings. The van der Waals surface area contributed by atoms with Gasteiger partial charge in [0.2, 0.25) is 5.78 Å². The van der Waals surface area contributed by atoms with Crippen LogP contribution in [0.25, 0.3) is 0 Å². The molecule has 11 heteroatoms. The first kappa shape index (κ1) is 24.4. The molecule has 0 aliphatic carbocycles. The second-order valence-electron chi connectivity index (χ2n) is 8.57. The number of anilines is 1. The maximum absolute atomic E-state index is 13.0. The SMILES string of the molecule is Cn1ccnc1C(=O)c1ccc(NC2CCN(Cc3cccc(C(F)(F)F)c3)CC2)c([N+](=O)[O-])c1. The average molecular weight is 487 g/mol. The predicted molar refractivity (Wildman–Crippen MR) is 123 cm³/mol. The van der Waals surface area contributed by atoms with Gasteiger partial charge < -0.3 is 9.88 Å². The van der Waals surface area contributed by atoms with E-state index in [1.807, 2.05) is 0 Å². The number of nitro groups is 1. The van der Waals surface area contributed by atoms with Crippen molar-refractivity contribution in [3.05, 3.63) is 87.5 Å². The summed E-state index contributed by atoms with van der Waals surface area (Å²) in [5.41, 5.74) is 0.227. The lowest BCUT2D eigenvalue weighted by molar-refractivity contribution is -0.384. The van der Waals surface area contributed by atoms with Crippen molar-refractivity contribution >= 4 is 17.2 Å². The Kier molecular flexibility index (Phi) is 6.88. The molecule has 0 atom stereocenters. The molecule has 4 rings (SSSR count). The average Bonchev–Trinajstić information content (AvgIpc) is 3.25. The van der Waals surface area contributed by atoms with Crippen LogP contribution in [0.1, 0.15) is 40.2 Å². The van der Waals surface area contributed by atoms with E-state index in [0.29, 0.717) is 43.7 Å². The van der Waals surface area contributed by atoms with Crippen molar-refractivity contribution in [3.8, 4) is 0 Å². The Morgan fingerprint density at radius 2 is 1.94 bits per heavy atom. The lowest BCUT2D eigenvalue weighted by Crippen LogP contribution is -2.38. The molecule has 1 N–H and O–H groups in total. The number of hydrogen-bond donors (Lipinski definition) is 1. The van der Waals surface area contributed by atoms with Crippen LogP contribution in [0, 0.1) is 10.1 Å². The highest BCUT2D eigenvalue weighted by molar-refractivity contribution is 6.07. The van der Waals surface area contributed by atoms with Crippen LogP contribution in [-0.2, 0) is 19.8 Å². The summed E-state index contributed by atoms with van der Waals surface area (Å²) in [4.78, 5) is 29.9. The minimum absolute atomic E-state index is 0.0393. The number of nitro benzene ring substituents is 1. The molecule has 0 unspecified atom stereocenters. The molecule has 0 spiro atoms. The molecule has 0 saturated carbocycles. The number of ketones is 1. The minimum Gasteiger partial charge on any atom is -0.377 e. The number of halogens is 3. The summed E-state index contributed by atoms with van der Waals surface area (Å²) in [7, 11) is 1.67. The molecule has 0 bridgehead atoms. The Balaban J connectivity index is 1.39. The number of hydrogen-bond acceptors (Lipinski definition) is 6. The summed E-state index contributed by atoms with van der Waals surface area (Å²) < 4.78 is 40.4. The summed E-state index contributed by atoms with van der Waals surface area (Å²) in [6.45, 7) is 1.68. The van der Waals surface area contributed by atoms with Crippen molar-refractivity contribution < 1.29 is 22.9 Å². The molecule has 1 aromatic heterocycles. The van der Waals surface area contributed by atoms with E-state index in [9.17, 15) is 28.1 Å². The Bertz CT molecular complexity index is 1230. The Morgan fingerprint density at radius 3 is 2.57 bits per heavy atom. The van der Waals surface area contributed by atoms with Crippen molar-refractivity contribution in [2.75, 3.05) is 18.4 Å². The van der Waals surface area contributed by atoms with Gasteiger partial charge >= 0.3 is 6.18 Å². The summed E-state index contributed by atoms with van der Waals surface area (Å²) in [6.07, 6.45) is 0.0707. The maximum Gasteiger partial charge on any atom is 0.416 e. The molecular formula is C24H24F3N5O3. The van der Waals surface area contributed by atoms with Gasteiger partial charge in [0.15, 0.2) is 5.82 Å². The normalized spacial score (nSPS) is 15.2. The van der Waals surface area contributed by atoms with E-state index < -0.39 is 22.4 Å². The molecule has 0 amide bonds. The van der Waals surface area contributed by atoms with Gasteiger partial charge in [-0.2, -0.15) is 13.2 Å². The highest BCUT2D eigenvalue weighted by Gasteiger charge is 2.30. The molecule has 2 heterocycles. The smallest absolute Gasteiger partial charge is 0.377 e. The fraction of sp³-hybridized carbons (Fsp3) is 0.333. The number of carbonyl (C=O) groups excluding carboxylic acids is 1. The first-order valence-corrected chi connectivity index (χ1v) is 11.1. The van der Waals surface area contributed by atoms with Crippen molar-refractivity contribution in [1.29, 1.82) is 0 Å². The van der Waals surface area contributed by atoms with Gasteiger partial charge in [0.25, 0.3) is 5.69 Å². The quantitative estimate of drug-likeness (QED) is 0.296. The van der Waals surface area contributed by atoms with Gasteiger partial charge in [-0.15, -0.1) is 0 Å². The van der Waals surface area contributed by atoms with E-state index in [4.69, 9.17) is 0 Å². The van der Waals surface area contributed by atoms with Gasteiger partial charge in [0, 0.05) is 56.7 Å². The number of rotatable bonds is 7. The molecule has 35 heavy (non-hydrogen) atoms. The topological polar surface area (TPSA) is 93.3 Å². The number of imidazole rings is 1. The zero-order valence-corrected chi connectivity index (χ0v) is 19.0. The van der Waals surface area contributed by atoms with Gasteiger partial charge in [0.1, 0.15) is 5.69 Å². The van der Waals surface area contributed by atoms with Crippen LogP contribution in [0.3, 0.4) is 0 Å². The standard InChI is InChI=1S/C24H24F3N5O3/c1-30-12-9-28-23(30)22(33)17-5-6-20(21(14-17)32(34)35)29-19-7-10-31(11-8-19)15-16-3-2-4-18(13-16)24(25,26)27/h2-6,9,12-14,19,29H,7-8,10-11,15H2,1H3. The van der Waals surface area contributed by atoms with Gasteiger partial charge in [-0.3, -0.25) is 19.8 Å². The molecule has 1 saturated heterocycles. The zero-order valence-electron chi connectivity index (χ0n) is 19.0. The van der Waals surface area contributed by atoms with E-state index in [0.717, 1.165) is 6.07 Å². The van der Waals surface area contributed by atoms with Gasteiger partial charge in [0.05, 0.1) is 10.5 Å². The van der Waals surface area contributed by atoms with Crippen molar-refractivity contribution in [1.82, 2.24) is 14.5 Å². The van der Waals surface area contributed by atoms with Crippen molar-refractivity contribution in [2.45, 2.75) is 31.6 Å². The second-order valence-corrected chi connectivity index (χ2v) is 8.57. The van der Waals surface area contributed by atoms with E-state index in [1.165, 1.54) is 36.5 Å². The Labute approximate surface area is 199 Å². The van der Waals surface area contributed by atoms with Gasteiger partial charge in [-0.25, -0.2) is 4.98 Å². The van der Waals surface area contributed by atoms with Crippen LogP contribution in [-0.4, -0.2) is 44.3 Å². The summed E-state index contributed by atoms with van der Waals surface area (Å²) in [6, 6.07) is 9.59. The molecule has 8 nitrogen and oxygen atoms in total. The monoisotopic (exact) mass is 487 g/mol. The Morgan fingerprint density at radius 1 is 1.20 bits per heavy atom. The highest BCUT2D eigenvalue weighted by Crippen LogP contribution is 2.31. The van der Waals surface area contributed by atoms with Crippen LogP contribution in [0.4, 0.5) is 24.5 Å².